The summed E-state index contributed by atoms with van der Waals surface area (Å²) in [6.07, 6.45) is 0.796. The Bertz CT molecular complexity index is 1060. The van der Waals surface area contributed by atoms with Gasteiger partial charge in [0, 0.05) is 22.6 Å². The molecule has 158 valence electrons. The minimum absolute atomic E-state index is 0.0384. The summed E-state index contributed by atoms with van der Waals surface area (Å²) in [5, 5.41) is 2.90. The maximum atomic E-state index is 12.3. The van der Waals surface area contributed by atoms with E-state index in [2.05, 4.69) is 16.2 Å². The third-order valence-electron chi connectivity index (χ3n) is 4.22. The quantitative estimate of drug-likeness (QED) is 0.389. The SMILES string of the molecule is O=C(NNC(=S)NC(=O)c1ccc(OCCc2ccccc2)cc1)c1cccc(Cl)c1. The number of amides is 2. The lowest BCUT2D eigenvalue weighted by Gasteiger charge is -2.11. The van der Waals surface area contributed by atoms with Gasteiger partial charge in [0.25, 0.3) is 11.8 Å². The highest BCUT2D eigenvalue weighted by atomic mass is 35.5. The van der Waals surface area contributed by atoms with E-state index in [1.165, 1.54) is 11.6 Å². The van der Waals surface area contributed by atoms with E-state index in [-0.39, 0.29) is 5.11 Å². The van der Waals surface area contributed by atoms with Gasteiger partial charge in [-0.05, 0) is 60.2 Å². The molecule has 8 heteroatoms. The molecule has 3 aromatic rings. The zero-order valence-electron chi connectivity index (χ0n) is 16.4. The van der Waals surface area contributed by atoms with Crippen LogP contribution < -0.4 is 20.9 Å². The van der Waals surface area contributed by atoms with Crippen molar-refractivity contribution in [1.29, 1.82) is 0 Å². The molecule has 3 N–H and O–H groups in total. The Morgan fingerprint density at radius 2 is 1.58 bits per heavy atom. The first kappa shape index (κ1) is 22.3. The molecule has 0 unspecified atom stereocenters. The van der Waals surface area contributed by atoms with Gasteiger partial charge in [-0.2, -0.15) is 0 Å². The Balaban J connectivity index is 1.43. The number of benzene rings is 3. The molecule has 0 heterocycles. The zero-order chi connectivity index (χ0) is 22.1. The zero-order valence-corrected chi connectivity index (χ0v) is 18.0. The minimum Gasteiger partial charge on any atom is -0.493 e. The smallest absolute Gasteiger partial charge is 0.269 e. The first-order valence-electron chi connectivity index (χ1n) is 9.45. The van der Waals surface area contributed by atoms with Crippen molar-refractivity contribution in [3.05, 3.63) is 101 Å². The molecule has 31 heavy (non-hydrogen) atoms. The summed E-state index contributed by atoms with van der Waals surface area (Å²) in [6.45, 7) is 0.538. The Kier molecular flexibility index (Phi) is 7.98. The van der Waals surface area contributed by atoms with Gasteiger partial charge in [-0.1, -0.05) is 48.0 Å². The lowest BCUT2D eigenvalue weighted by molar-refractivity contribution is 0.0934. The second-order valence-electron chi connectivity index (χ2n) is 6.48. The Morgan fingerprint density at radius 1 is 0.839 bits per heavy atom. The molecule has 0 fully saturated rings. The van der Waals surface area contributed by atoms with E-state index in [1.54, 1.807) is 42.5 Å². The number of hydrogen-bond acceptors (Lipinski definition) is 4. The molecule has 0 aliphatic carbocycles. The number of carbonyl (C=O) groups is 2. The molecule has 0 radical (unpaired) electrons. The van der Waals surface area contributed by atoms with Gasteiger partial charge in [0.2, 0.25) is 0 Å². The number of hydrazine groups is 1. The fourth-order valence-electron chi connectivity index (χ4n) is 2.66. The van der Waals surface area contributed by atoms with Gasteiger partial charge in [0.15, 0.2) is 5.11 Å². The first-order valence-corrected chi connectivity index (χ1v) is 10.2. The average Bonchev–Trinajstić information content (AvgIpc) is 2.78. The van der Waals surface area contributed by atoms with Gasteiger partial charge in [-0.3, -0.25) is 25.8 Å². The number of rotatable bonds is 6. The fourth-order valence-corrected chi connectivity index (χ4v) is 2.99. The number of hydrogen-bond donors (Lipinski definition) is 3. The molecule has 3 aromatic carbocycles. The largest absolute Gasteiger partial charge is 0.493 e. The molecule has 6 nitrogen and oxygen atoms in total. The van der Waals surface area contributed by atoms with E-state index in [0.717, 1.165) is 6.42 Å². The van der Waals surface area contributed by atoms with Gasteiger partial charge < -0.3 is 4.74 Å². The second kappa shape index (κ2) is 11.1. The van der Waals surface area contributed by atoms with Crippen LogP contribution in [0.2, 0.25) is 5.02 Å². The lowest BCUT2D eigenvalue weighted by Crippen LogP contribution is -2.48. The van der Waals surface area contributed by atoms with Crippen molar-refractivity contribution >= 4 is 40.7 Å². The van der Waals surface area contributed by atoms with E-state index < -0.39 is 11.8 Å². The van der Waals surface area contributed by atoms with E-state index >= 15 is 0 Å². The molecule has 2 amide bonds. The van der Waals surface area contributed by atoms with Crippen molar-refractivity contribution in [1.82, 2.24) is 16.2 Å². The predicted octanol–water partition coefficient (Wildman–Crippen LogP) is 3.91. The van der Waals surface area contributed by atoms with Crippen molar-refractivity contribution in [2.45, 2.75) is 6.42 Å². The number of nitrogens with one attached hydrogen (secondary N) is 3. The summed E-state index contributed by atoms with van der Waals surface area (Å²) in [4.78, 5) is 24.4. The predicted molar refractivity (Wildman–Crippen MR) is 124 cm³/mol. The van der Waals surface area contributed by atoms with Crippen molar-refractivity contribution in [2.24, 2.45) is 0 Å². The molecule has 0 spiro atoms. The first-order chi connectivity index (χ1) is 15.0. The highest BCUT2D eigenvalue weighted by Gasteiger charge is 2.10. The Morgan fingerprint density at radius 3 is 2.29 bits per heavy atom. The summed E-state index contributed by atoms with van der Waals surface area (Å²) in [5.41, 5.74) is 6.85. The molecule has 0 aliphatic rings. The van der Waals surface area contributed by atoms with Crippen LogP contribution in [0.25, 0.3) is 0 Å². The number of thiocarbonyl (C=S) groups is 1. The molecule has 0 saturated carbocycles. The van der Waals surface area contributed by atoms with Crippen LogP contribution in [0.3, 0.4) is 0 Å². The van der Waals surface area contributed by atoms with Crippen LogP contribution in [0.15, 0.2) is 78.9 Å². The van der Waals surface area contributed by atoms with Crippen LogP contribution in [-0.4, -0.2) is 23.5 Å². The van der Waals surface area contributed by atoms with Crippen molar-refractivity contribution in [3.63, 3.8) is 0 Å². The maximum absolute atomic E-state index is 12.3. The number of halogens is 1. The van der Waals surface area contributed by atoms with Crippen molar-refractivity contribution < 1.29 is 14.3 Å². The molecule has 0 bridgehead atoms. The van der Waals surface area contributed by atoms with E-state index in [9.17, 15) is 9.59 Å². The summed E-state index contributed by atoms with van der Waals surface area (Å²) in [6, 6.07) is 23.2. The fraction of sp³-hybridized carbons (Fsp3) is 0.0870. The van der Waals surface area contributed by atoms with Gasteiger partial charge in [0.05, 0.1) is 6.61 Å². The van der Waals surface area contributed by atoms with E-state index in [4.69, 9.17) is 28.6 Å². The standard InChI is InChI=1S/C23H20ClN3O3S/c24-19-8-4-7-18(15-19)22(29)26-27-23(31)25-21(28)17-9-11-20(12-10-17)30-14-13-16-5-2-1-3-6-16/h1-12,15H,13-14H2,(H,26,29)(H2,25,27,28,31). The highest BCUT2D eigenvalue weighted by molar-refractivity contribution is 7.80. The van der Waals surface area contributed by atoms with Gasteiger partial charge in [0.1, 0.15) is 5.75 Å². The molecule has 0 aromatic heterocycles. The summed E-state index contributed by atoms with van der Waals surface area (Å²) < 4.78 is 5.71. The Labute approximate surface area is 190 Å². The van der Waals surface area contributed by atoms with Crippen LogP contribution in [0, 0.1) is 0 Å². The molecule has 0 aliphatic heterocycles. The summed E-state index contributed by atoms with van der Waals surface area (Å²) >= 11 is 10.9. The monoisotopic (exact) mass is 453 g/mol. The van der Waals surface area contributed by atoms with Gasteiger partial charge in [-0.25, -0.2) is 0 Å². The van der Waals surface area contributed by atoms with E-state index in [0.29, 0.717) is 28.5 Å². The third-order valence-corrected chi connectivity index (χ3v) is 4.66. The highest BCUT2D eigenvalue weighted by Crippen LogP contribution is 2.13. The van der Waals surface area contributed by atoms with Crippen molar-refractivity contribution in [3.8, 4) is 5.75 Å². The third kappa shape index (κ3) is 7.09. The van der Waals surface area contributed by atoms with Crippen LogP contribution in [0.5, 0.6) is 5.75 Å². The molecule has 0 atom stereocenters. The molecular formula is C23H20ClN3O3S. The normalized spacial score (nSPS) is 10.1. The summed E-state index contributed by atoms with van der Waals surface area (Å²) in [7, 11) is 0. The molecule has 0 saturated heterocycles. The maximum Gasteiger partial charge on any atom is 0.269 e. The average molecular weight is 454 g/mol. The van der Waals surface area contributed by atoms with Crippen LogP contribution in [-0.2, 0) is 6.42 Å². The minimum atomic E-state index is -0.434. The van der Waals surface area contributed by atoms with Crippen molar-refractivity contribution in [2.75, 3.05) is 6.61 Å². The summed E-state index contributed by atoms with van der Waals surface area (Å²) in [5.74, 6) is -0.177. The number of carbonyl (C=O) groups excluding carboxylic acids is 2. The second-order valence-corrected chi connectivity index (χ2v) is 7.33. The van der Waals surface area contributed by atoms with E-state index in [1.807, 2.05) is 30.3 Å². The lowest BCUT2D eigenvalue weighted by atomic mass is 10.2. The van der Waals surface area contributed by atoms with Crippen LogP contribution >= 0.6 is 23.8 Å². The van der Waals surface area contributed by atoms with Gasteiger partial charge in [-0.15, -0.1) is 0 Å². The molecular weight excluding hydrogens is 434 g/mol. The topological polar surface area (TPSA) is 79.5 Å². The van der Waals surface area contributed by atoms with Crippen LogP contribution in [0.4, 0.5) is 0 Å². The number of ether oxygens (including phenoxy) is 1. The van der Waals surface area contributed by atoms with Gasteiger partial charge >= 0.3 is 0 Å². The Hall–Kier alpha value is -3.42. The van der Waals surface area contributed by atoms with Crippen LogP contribution in [0.1, 0.15) is 26.3 Å². The molecule has 3 rings (SSSR count).